The number of aromatic amines is 1. The summed E-state index contributed by atoms with van der Waals surface area (Å²) in [6.07, 6.45) is -3.08. The van der Waals surface area contributed by atoms with Gasteiger partial charge in [0, 0.05) is 10.6 Å². The van der Waals surface area contributed by atoms with Crippen molar-refractivity contribution in [2.45, 2.75) is 6.36 Å². The van der Waals surface area contributed by atoms with E-state index < -0.39 is 6.36 Å². The molecule has 7 heteroatoms. The molecule has 3 rings (SSSR count). The van der Waals surface area contributed by atoms with Crippen molar-refractivity contribution in [3.8, 4) is 28.4 Å². The van der Waals surface area contributed by atoms with Crippen LogP contribution in [0.3, 0.4) is 0 Å². The largest absolute Gasteiger partial charge is 0.573 e. The lowest BCUT2D eigenvalue weighted by atomic mass is 10.1. The minimum absolute atomic E-state index is 0.265. The average Bonchev–Trinajstić information content (AvgIpc) is 2.97. The first-order chi connectivity index (χ1) is 10.9. The van der Waals surface area contributed by atoms with Gasteiger partial charge in [-0.3, -0.25) is 0 Å². The summed E-state index contributed by atoms with van der Waals surface area (Å²) in [7, 11) is 0. The Bertz CT molecular complexity index is 795. The number of nitrogens with zero attached hydrogens (tertiary/aromatic N) is 1. The molecule has 0 saturated carbocycles. The third kappa shape index (κ3) is 3.84. The van der Waals surface area contributed by atoms with Crippen LogP contribution >= 0.6 is 11.6 Å². The van der Waals surface area contributed by atoms with Gasteiger partial charge in [-0.1, -0.05) is 11.6 Å². The van der Waals surface area contributed by atoms with Gasteiger partial charge in [-0.05, 0) is 54.1 Å². The second-order valence-corrected chi connectivity index (χ2v) is 5.16. The predicted octanol–water partition coefficient (Wildman–Crippen LogP) is 5.30. The van der Waals surface area contributed by atoms with Crippen LogP contribution in [0.25, 0.3) is 22.6 Å². The fourth-order valence-corrected chi connectivity index (χ4v) is 2.18. The fourth-order valence-electron chi connectivity index (χ4n) is 2.06. The maximum Gasteiger partial charge on any atom is 0.573 e. The fraction of sp³-hybridized carbons (Fsp3) is 0.0625. The summed E-state index contributed by atoms with van der Waals surface area (Å²) in [5.41, 5.74) is 2.25. The van der Waals surface area contributed by atoms with Crippen LogP contribution in [-0.2, 0) is 0 Å². The lowest BCUT2D eigenvalue weighted by Crippen LogP contribution is -2.16. The summed E-state index contributed by atoms with van der Waals surface area (Å²) in [5.74, 6) is 0.381. The number of rotatable bonds is 3. The number of hydrogen-bond acceptors (Lipinski definition) is 2. The second kappa shape index (κ2) is 5.96. The van der Waals surface area contributed by atoms with E-state index in [0.29, 0.717) is 22.1 Å². The van der Waals surface area contributed by atoms with E-state index in [1.165, 1.54) is 24.3 Å². The Morgan fingerprint density at radius 2 is 1.52 bits per heavy atom. The third-order valence-electron chi connectivity index (χ3n) is 3.09. The van der Waals surface area contributed by atoms with Gasteiger partial charge >= 0.3 is 6.36 Å². The zero-order valence-electron chi connectivity index (χ0n) is 11.6. The van der Waals surface area contributed by atoms with Gasteiger partial charge in [0.1, 0.15) is 11.6 Å². The molecule has 1 heterocycles. The molecule has 0 bridgehead atoms. The van der Waals surface area contributed by atoms with Crippen LogP contribution < -0.4 is 4.74 Å². The number of H-pyrrole nitrogens is 1. The lowest BCUT2D eigenvalue weighted by Gasteiger charge is -2.08. The van der Waals surface area contributed by atoms with Crippen LogP contribution in [0.15, 0.2) is 54.7 Å². The molecular weight excluding hydrogens is 329 g/mol. The standard InChI is InChI=1S/C16H10ClF3N2O/c17-12-5-1-11(2-6-12)15-21-9-14(22-15)10-3-7-13(8-4-10)23-16(18,19)20/h1-9H,(H,21,22). The molecule has 0 unspecified atom stereocenters. The maximum atomic E-state index is 12.1. The first-order valence-electron chi connectivity index (χ1n) is 6.58. The van der Waals surface area contributed by atoms with Crippen molar-refractivity contribution in [2.75, 3.05) is 0 Å². The zero-order chi connectivity index (χ0) is 16.4. The lowest BCUT2D eigenvalue weighted by molar-refractivity contribution is -0.274. The summed E-state index contributed by atoms with van der Waals surface area (Å²) in [5, 5.41) is 0.626. The molecular formula is C16H10ClF3N2O. The topological polar surface area (TPSA) is 37.9 Å². The maximum absolute atomic E-state index is 12.1. The molecule has 2 aromatic carbocycles. The van der Waals surface area contributed by atoms with Crippen molar-refractivity contribution in [1.82, 2.24) is 9.97 Å². The van der Waals surface area contributed by atoms with Crippen LogP contribution in [-0.4, -0.2) is 16.3 Å². The van der Waals surface area contributed by atoms with Gasteiger partial charge < -0.3 is 9.72 Å². The number of ether oxygens (including phenoxy) is 1. The minimum atomic E-state index is -4.70. The van der Waals surface area contributed by atoms with Gasteiger partial charge in [-0.2, -0.15) is 0 Å². The minimum Gasteiger partial charge on any atom is -0.406 e. The molecule has 0 spiro atoms. The average molecular weight is 339 g/mol. The first kappa shape index (κ1) is 15.4. The van der Waals surface area contributed by atoms with Crippen LogP contribution in [0, 0.1) is 0 Å². The molecule has 0 aliphatic rings. The summed E-state index contributed by atoms with van der Waals surface area (Å²) in [6, 6.07) is 12.7. The van der Waals surface area contributed by atoms with Gasteiger partial charge in [0.25, 0.3) is 0 Å². The summed E-state index contributed by atoms with van der Waals surface area (Å²) in [6.45, 7) is 0. The predicted molar refractivity (Wildman–Crippen MR) is 81.2 cm³/mol. The number of imidazole rings is 1. The Morgan fingerprint density at radius 1 is 0.913 bits per heavy atom. The third-order valence-corrected chi connectivity index (χ3v) is 3.34. The van der Waals surface area contributed by atoms with E-state index in [2.05, 4.69) is 14.7 Å². The Labute approximate surface area is 134 Å². The number of hydrogen-bond donors (Lipinski definition) is 1. The highest BCUT2D eigenvalue weighted by Crippen LogP contribution is 2.27. The highest BCUT2D eigenvalue weighted by molar-refractivity contribution is 6.30. The number of alkyl halides is 3. The van der Waals surface area contributed by atoms with Gasteiger partial charge in [0.2, 0.25) is 0 Å². The number of benzene rings is 2. The van der Waals surface area contributed by atoms with E-state index in [1.54, 1.807) is 18.3 Å². The monoisotopic (exact) mass is 338 g/mol. The Hall–Kier alpha value is -2.47. The highest BCUT2D eigenvalue weighted by Gasteiger charge is 2.30. The molecule has 118 valence electrons. The van der Waals surface area contributed by atoms with Crippen molar-refractivity contribution >= 4 is 11.6 Å². The van der Waals surface area contributed by atoms with Crippen molar-refractivity contribution in [1.29, 1.82) is 0 Å². The Kier molecular flexibility index (Phi) is 4.00. The normalized spacial score (nSPS) is 11.5. The number of nitrogens with one attached hydrogen (secondary N) is 1. The highest BCUT2D eigenvalue weighted by atomic mass is 35.5. The summed E-state index contributed by atoms with van der Waals surface area (Å²) in [4.78, 5) is 7.38. The molecule has 0 atom stereocenters. The summed E-state index contributed by atoms with van der Waals surface area (Å²) >= 11 is 5.84. The van der Waals surface area contributed by atoms with E-state index in [4.69, 9.17) is 11.6 Å². The second-order valence-electron chi connectivity index (χ2n) is 4.72. The van der Waals surface area contributed by atoms with E-state index in [-0.39, 0.29) is 5.75 Å². The Balaban J connectivity index is 1.81. The van der Waals surface area contributed by atoms with E-state index in [0.717, 1.165) is 5.56 Å². The van der Waals surface area contributed by atoms with Crippen LogP contribution in [0.1, 0.15) is 0 Å². The van der Waals surface area contributed by atoms with Crippen molar-refractivity contribution in [3.05, 3.63) is 59.8 Å². The van der Waals surface area contributed by atoms with Crippen molar-refractivity contribution in [2.24, 2.45) is 0 Å². The van der Waals surface area contributed by atoms with E-state index in [9.17, 15) is 13.2 Å². The number of halogens is 4. The molecule has 0 aliphatic carbocycles. The van der Waals surface area contributed by atoms with Crippen LogP contribution in [0.5, 0.6) is 5.75 Å². The zero-order valence-corrected chi connectivity index (χ0v) is 12.3. The molecule has 0 amide bonds. The molecule has 0 fully saturated rings. The summed E-state index contributed by atoms with van der Waals surface area (Å²) < 4.78 is 40.2. The molecule has 0 aliphatic heterocycles. The first-order valence-corrected chi connectivity index (χ1v) is 6.96. The molecule has 0 saturated heterocycles. The molecule has 0 radical (unpaired) electrons. The quantitative estimate of drug-likeness (QED) is 0.704. The molecule has 1 N–H and O–H groups in total. The van der Waals surface area contributed by atoms with Crippen molar-refractivity contribution in [3.63, 3.8) is 0 Å². The van der Waals surface area contributed by atoms with E-state index in [1.807, 2.05) is 12.1 Å². The van der Waals surface area contributed by atoms with E-state index >= 15 is 0 Å². The SMILES string of the molecule is FC(F)(F)Oc1ccc(-c2cnc(-c3ccc(Cl)cc3)[nH]2)cc1. The molecule has 23 heavy (non-hydrogen) atoms. The van der Waals surface area contributed by atoms with Gasteiger partial charge in [0.05, 0.1) is 11.9 Å². The van der Waals surface area contributed by atoms with Gasteiger partial charge in [0.15, 0.2) is 0 Å². The molecule has 3 nitrogen and oxygen atoms in total. The number of aromatic nitrogens is 2. The van der Waals surface area contributed by atoms with Gasteiger partial charge in [-0.25, -0.2) is 4.98 Å². The smallest absolute Gasteiger partial charge is 0.406 e. The molecule has 1 aromatic heterocycles. The molecule has 3 aromatic rings. The van der Waals surface area contributed by atoms with Crippen molar-refractivity contribution < 1.29 is 17.9 Å². The van der Waals surface area contributed by atoms with Gasteiger partial charge in [-0.15, -0.1) is 13.2 Å². The Morgan fingerprint density at radius 3 is 2.13 bits per heavy atom. The van der Waals surface area contributed by atoms with Crippen LogP contribution in [0.2, 0.25) is 5.02 Å². The van der Waals surface area contributed by atoms with Crippen LogP contribution in [0.4, 0.5) is 13.2 Å².